The number of rotatable bonds is 8. The van der Waals surface area contributed by atoms with Crippen molar-refractivity contribution in [2.24, 2.45) is 11.3 Å². The van der Waals surface area contributed by atoms with Gasteiger partial charge in [0.1, 0.15) is 0 Å². The van der Waals surface area contributed by atoms with Gasteiger partial charge in [-0.2, -0.15) is 0 Å². The lowest BCUT2D eigenvalue weighted by Gasteiger charge is -2.31. The van der Waals surface area contributed by atoms with E-state index in [0.717, 1.165) is 0 Å². The Hall–Kier alpha value is -0.130. The van der Waals surface area contributed by atoms with Crippen molar-refractivity contribution in [2.45, 2.75) is 45.8 Å². The van der Waals surface area contributed by atoms with Gasteiger partial charge in [0.15, 0.2) is 9.84 Å². The summed E-state index contributed by atoms with van der Waals surface area (Å²) in [5.74, 6) is 0.342. The van der Waals surface area contributed by atoms with Crippen LogP contribution in [0.1, 0.15) is 40.5 Å². The van der Waals surface area contributed by atoms with E-state index in [-0.39, 0.29) is 19.0 Å². The first-order valence-electron chi connectivity index (χ1n) is 6.12. The van der Waals surface area contributed by atoms with Gasteiger partial charge in [-0.05, 0) is 32.6 Å². The molecule has 0 aromatic rings. The van der Waals surface area contributed by atoms with Crippen LogP contribution in [0.5, 0.6) is 0 Å². The fourth-order valence-electron chi connectivity index (χ4n) is 1.90. The molecule has 5 heteroatoms. The molecule has 0 aliphatic rings. The molecule has 0 aliphatic carbocycles. The summed E-state index contributed by atoms with van der Waals surface area (Å²) in [5.41, 5.74) is -0.671. The Bertz CT molecular complexity index is 302. The van der Waals surface area contributed by atoms with Crippen LogP contribution < -0.4 is 0 Å². The van der Waals surface area contributed by atoms with Gasteiger partial charge in [0.25, 0.3) is 0 Å². The molecule has 0 heterocycles. The van der Waals surface area contributed by atoms with Gasteiger partial charge in [-0.25, -0.2) is 8.42 Å². The van der Waals surface area contributed by atoms with Crippen LogP contribution in [0.15, 0.2) is 0 Å². The van der Waals surface area contributed by atoms with Crippen LogP contribution in [0.3, 0.4) is 0 Å². The molecule has 0 aromatic heterocycles. The van der Waals surface area contributed by atoms with Crippen LogP contribution in [0.2, 0.25) is 0 Å². The first-order chi connectivity index (χ1) is 7.69. The van der Waals surface area contributed by atoms with E-state index in [1.807, 2.05) is 13.8 Å². The normalized spacial score (nSPS) is 13.6. The summed E-state index contributed by atoms with van der Waals surface area (Å²) in [5, 5.41) is 18.4. The van der Waals surface area contributed by atoms with E-state index in [2.05, 4.69) is 0 Å². The zero-order valence-corrected chi connectivity index (χ0v) is 12.1. The Kier molecular flexibility index (Phi) is 6.66. The summed E-state index contributed by atoms with van der Waals surface area (Å²) >= 11 is 0. The summed E-state index contributed by atoms with van der Waals surface area (Å²) in [6.07, 6.45) is 0.951. The predicted octanol–water partition coefficient (Wildman–Crippen LogP) is 1.22. The van der Waals surface area contributed by atoms with E-state index in [4.69, 9.17) is 0 Å². The number of aliphatic hydroxyl groups is 2. The molecule has 0 amide bonds. The molecule has 0 atom stereocenters. The highest BCUT2D eigenvalue weighted by Gasteiger charge is 2.32. The van der Waals surface area contributed by atoms with Crippen molar-refractivity contribution < 1.29 is 18.6 Å². The number of aliphatic hydroxyl groups excluding tert-OH is 2. The van der Waals surface area contributed by atoms with Gasteiger partial charge in [0.05, 0.1) is 24.2 Å². The maximum absolute atomic E-state index is 11.7. The third-order valence-corrected chi connectivity index (χ3v) is 5.36. The van der Waals surface area contributed by atoms with Gasteiger partial charge in [0, 0.05) is 5.41 Å². The SMILES string of the molecule is CC(C)CC(CO)(CO)CCS(=O)(=O)C(C)C. The minimum Gasteiger partial charge on any atom is -0.396 e. The number of hydrogen-bond donors (Lipinski definition) is 2. The number of hydrogen-bond acceptors (Lipinski definition) is 4. The second-order valence-electron chi connectivity index (χ2n) is 5.58. The van der Waals surface area contributed by atoms with E-state index in [0.29, 0.717) is 18.8 Å². The van der Waals surface area contributed by atoms with Crippen molar-refractivity contribution in [1.82, 2.24) is 0 Å². The molecule has 0 rings (SSSR count). The summed E-state index contributed by atoms with van der Waals surface area (Å²) < 4.78 is 23.5. The van der Waals surface area contributed by atoms with Gasteiger partial charge in [-0.3, -0.25) is 0 Å². The second-order valence-corrected chi connectivity index (χ2v) is 8.26. The van der Waals surface area contributed by atoms with E-state index in [1.165, 1.54) is 0 Å². The molecule has 0 spiro atoms. The van der Waals surface area contributed by atoms with Crippen LogP contribution >= 0.6 is 0 Å². The highest BCUT2D eigenvalue weighted by atomic mass is 32.2. The summed E-state index contributed by atoms with van der Waals surface area (Å²) in [7, 11) is -3.11. The molecular weight excluding hydrogens is 240 g/mol. The average molecular weight is 266 g/mol. The van der Waals surface area contributed by atoms with E-state index < -0.39 is 20.5 Å². The monoisotopic (exact) mass is 266 g/mol. The predicted molar refractivity (Wildman–Crippen MR) is 69.6 cm³/mol. The van der Waals surface area contributed by atoms with Crippen molar-refractivity contribution in [3.8, 4) is 0 Å². The van der Waals surface area contributed by atoms with Crippen molar-refractivity contribution >= 4 is 9.84 Å². The van der Waals surface area contributed by atoms with E-state index in [9.17, 15) is 18.6 Å². The third-order valence-electron chi connectivity index (χ3n) is 3.15. The Morgan fingerprint density at radius 1 is 1.06 bits per heavy atom. The molecule has 17 heavy (non-hydrogen) atoms. The van der Waals surface area contributed by atoms with Crippen LogP contribution in [0.25, 0.3) is 0 Å². The summed E-state index contributed by atoms with van der Waals surface area (Å²) in [4.78, 5) is 0. The summed E-state index contributed by atoms with van der Waals surface area (Å²) in [6, 6.07) is 0. The fourth-order valence-corrected chi connectivity index (χ4v) is 3.09. The largest absolute Gasteiger partial charge is 0.396 e. The smallest absolute Gasteiger partial charge is 0.152 e. The zero-order valence-electron chi connectivity index (χ0n) is 11.3. The zero-order chi connectivity index (χ0) is 13.7. The molecule has 0 saturated heterocycles. The van der Waals surface area contributed by atoms with Crippen molar-refractivity contribution in [3.05, 3.63) is 0 Å². The second kappa shape index (κ2) is 6.71. The molecule has 4 nitrogen and oxygen atoms in total. The summed E-state index contributed by atoms with van der Waals surface area (Å²) in [6.45, 7) is 6.95. The fraction of sp³-hybridized carbons (Fsp3) is 1.00. The Labute approximate surface area is 105 Å². The molecule has 0 saturated carbocycles. The van der Waals surface area contributed by atoms with Crippen molar-refractivity contribution in [1.29, 1.82) is 0 Å². The molecule has 0 unspecified atom stereocenters. The van der Waals surface area contributed by atoms with Gasteiger partial charge in [0.2, 0.25) is 0 Å². The molecule has 0 fully saturated rings. The molecule has 104 valence electrons. The number of sulfone groups is 1. The lowest BCUT2D eigenvalue weighted by Crippen LogP contribution is -2.34. The van der Waals surface area contributed by atoms with Crippen LogP contribution in [-0.4, -0.2) is 42.8 Å². The quantitative estimate of drug-likeness (QED) is 0.692. The molecule has 0 bridgehead atoms. The van der Waals surface area contributed by atoms with Crippen molar-refractivity contribution in [2.75, 3.05) is 19.0 Å². The Morgan fingerprint density at radius 3 is 1.82 bits per heavy atom. The molecular formula is C12H26O4S. The van der Waals surface area contributed by atoms with E-state index in [1.54, 1.807) is 13.8 Å². The van der Waals surface area contributed by atoms with Crippen LogP contribution in [0.4, 0.5) is 0 Å². The topological polar surface area (TPSA) is 74.6 Å². The van der Waals surface area contributed by atoms with Crippen molar-refractivity contribution in [3.63, 3.8) is 0 Å². The van der Waals surface area contributed by atoms with E-state index >= 15 is 0 Å². The van der Waals surface area contributed by atoms with Gasteiger partial charge in [-0.1, -0.05) is 13.8 Å². The molecule has 0 aromatic carbocycles. The highest BCUT2D eigenvalue weighted by Crippen LogP contribution is 2.30. The Morgan fingerprint density at radius 2 is 1.53 bits per heavy atom. The first-order valence-corrected chi connectivity index (χ1v) is 7.84. The lowest BCUT2D eigenvalue weighted by molar-refractivity contribution is 0.0342. The van der Waals surface area contributed by atoms with Crippen LogP contribution in [-0.2, 0) is 9.84 Å². The maximum atomic E-state index is 11.7. The molecule has 2 N–H and O–H groups in total. The minimum atomic E-state index is -3.11. The third kappa shape index (κ3) is 5.36. The van der Waals surface area contributed by atoms with Gasteiger partial charge >= 0.3 is 0 Å². The molecule has 0 radical (unpaired) electrons. The average Bonchev–Trinajstić information content (AvgIpc) is 2.23. The first kappa shape index (κ1) is 16.9. The van der Waals surface area contributed by atoms with Gasteiger partial charge in [-0.15, -0.1) is 0 Å². The lowest BCUT2D eigenvalue weighted by atomic mass is 9.79. The van der Waals surface area contributed by atoms with Gasteiger partial charge < -0.3 is 10.2 Å². The Balaban J connectivity index is 4.68. The maximum Gasteiger partial charge on any atom is 0.152 e. The molecule has 0 aliphatic heterocycles. The van der Waals surface area contributed by atoms with Crippen LogP contribution in [0, 0.1) is 11.3 Å². The highest BCUT2D eigenvalue weighted by molar-refractivity contribution is 7.91. The standard InChI is InChI=1S/C12H26O4S/c1-10(2)7-12(8-13,9-14)5-6-17(15,16)11(3)4/h10-11,13-14H,5-9H2,1-4H3. The minimum absolute atomic E-state index is 0.0263.